The Hall–Kier alpha value is -1.91. The molecule has 0 spiro atoms. The topological polar surface area (TPSA) is 19.4 Å². The van der Waals surface area contributed by atoms with Crippen LogP contribution in [0, 0.1) is 5.92 Å². The summed E-state index contributed by atoms with van der Waals surface area (Å²) in [7, 11) is 2.31. The van der Waals surface area contributed by atoms with Crippen molar-refractivity contribution in [2.45, 2.75) is 25.3 Å². The summed E-state index contributed by atoms with van der Waals surface area (Å²) in [5.41, 5.74) is 4.22. The number of aromatic nitrogens is 1. The normalized spacial score (nSPS) is 20.4. The van der Waals surface area contributed by atoms with Crippen molar-refractivity contribution >= 4 is 26.7 Å². The lowest BCUT2D eigenvalue weighted by Gasteiger charge is -2.40. The van der Waals surface area contributed by atoms with E-state index in [1.54, 1.807) is 5.56 Å². The molecule has 1 saturated heterocycles. The summed E-state index contributed by atoms with van der Waals surface area (Å²) in [4.78, 5) is 9.90. The molecular formula is C22H25N3S. The Morgan fingerprint density at radius 3 is 2.65 bits per heavy atom. The SMILES string of the molecule is CN(CC1CCN(c2nc3ccccc3s2)CC1)C1Cc2ccccc21. The van der Waals surface area contributed by atoms with Crippen molar-refractivity contribution in [2.24, 2.45) is 5.92 Å². The first-order valence-electron chi connectivity index (χ1n) is 9.66. The second-order valence-corrected chi connectivity index (χ2v) is 8.76. The molecule has 2 aromatic carbocycles. The van der Waals surface area contributed by atoms with Gasteiger partial charge in [0.25, 0.3) is 0 Å². The second kappa shape index (κ2) is 6.67. The van der Waals surface area contributed by atoms with Crippen LogP contribution in [0.3, 0.4) is 0 Å². The zero-order valence-electron chi connectivity index (χ0n) is 15.3. The Kier molecular flexibility index (Phi) is 4.18. The van der Waals surface area contributed by atoms with Crippen LogP contribution >= 0.6 is 11.3 Å². The highest BCUT2D eigenvalue weighted by Gasteiger charge is 2.31. The number of hydrogen-bond donors (Lipinski definition) is 0. The maximum Gasteiger partial charge on any atom is 0.186 e. The van der Waals surface area contributed by atoms with E-state index in [4.69, 9.17) is 4.98 Å². The number of nitrogens with zero attached hydrogens (tertiary/aromatic N) is 3. The molecule has 5 rings (SSSR count). The summed E-state index contributed by atoms with van der Waals surface area (Å²) >= 11 is 1.83. The first kappa shape index (κ1) is 16.3. The molecule has 0 saturated carbocycles. The van der Waals surface area contributed by atoms with Gasteiger partial charge in [0.1, 0.15) is 0 Å². The van der Waals surface area contributed by atoms with Crippen molar-refractivity contribution in [3.05, 3.63) is 59.7 Å². The quantitative estimate of drug-likeness (QED) is 0.667. The maximum atomic E-state index is 4.83. The first-order valence-corrected chi connectivity index (χ1v) is 10.5. The molecule has 26 heavy (non-hydrogen) atoms. The molecule has 2 aliphatic rings. The van der Waals surface area contributed by atoms with Crippen LogP contribution in [0.5, 0.6) is 0 Å². The standard InChI is InChI=1S/C22H25N3S/c1-24(20-14-17-6-2-3-7-18(17)20)15-16-10-12-25(13-11-16)22-23-19-8-4-5-9-21(19)26-22/h2-9,16,20H,10-15H2,1H3. The van der Waals surface area contributed by atoms with E-state index < -0.39 is 0 Å². The van der Waals surface area contributed by atoms with E-state index in [1.165, 1.54) is 41.2 Å². The molecule has 1 unspecified atom stereocenters. The zero-order valence-corrected chi connectivity index (χ0v) is 16.1. The van der Waals surface area contributed by atoms with Gasteiger partial charge in [-0.25, -0.2) is 4.98 Å². The molecule has 134 valence electrons. The molecule has 0 radical (unpaired) electrons. The molecule has 3 nitrogen and oxygen atoms in total. The minimum absolute atomic E-state index is 0.633. The fraction of sp³-hybridized carbons (Fsp3) is 0.409. The van der Waals surface area contributed by atoms with Crippen molar-refractivity contribution in [1.82, 2.24) is 9.88 Å². The van der Waals surface area contributed by atoms with E-state index in [1.807, 2.05) is 11.3 Å². The van der Waals surface area contributed by atoms with E-state index in [0.29, 0.717) is 6.04 Å². The summed E-state index contributed by atoms with van der Waals surface area (Å²) in [6, 6.07) is 18.0. The maximum absolute atomic E-state index is 4.83. The number of thiazole rings is 1. The fourth-order valence-corrected chi connectivity index (χ4v) is 5.48. The van der Waals surface area contributed by atoms with Crippen LogP contribution in [0.2, 0.25) is 0 Å². The van der Waals surface area contributed by atoms with Gasteiger partial charge in [-0.3, -0.25) is 4.90 Å². The number of benzene rings is 2. The second-order valence-electron chi connectivity index (χ2n) is 7.75. The van der Waals surface area contributed by atoms with Gasteiger partial charge in [-0.05, 0) is 55.5 Å². The Bertz CT molecular complexity index is 877. The smallest absolute Gasteiger partial charge is 0.186 e. The lowest BCUT2D eigenvalue weighted by Crippen LogP contribution is -2.41. The van der Waals surface area contributed by atoms with E-state index in [-0.39, 0.29) is 0 Å². The molecule has 1 aliphatic heterocycles. The molecule has 2 heterocycles. The molecule has 0 N–H and O–H groups in total. The van der Waals surface area contributed by atoms with Gasteiger partial charge in [-0.15, -0.1) is 0 Å². The predicted molar refractivity (Wildman–Crippen MR) is 110 cm³/mol. The lowest BCUT2D eigenvalue weighted by atomic mass is 9.82. The van der Waals surface area contributed by atoms with Gasteiger partial charge in [0.2, 0.25) is 0 Å². The Labute approximate surface area is 159 Å². The van der Waals surface area contributed by atoms with Gasteiger partial charge in [0.05, 0.1) is 10.2 Å². The van der Waals surface area contributed by atoms with Crippen molar-refractivity contribution < 1.29 is 0 Å². The van der Waals surface area contributed by atoms with Gasteiger partial charge in [-0.2, -0.15) is 0 Å². The van der Waals surface area contributed by atoms with E-state index >= 15 is 0 Å². The van der Waals surface area contributed by atoms with Crippen molar-refractivity contribution in [2.75, 3.05) is 31.6 Å². The molecule has 1 aromatic heterocycles. The zero-order chi connectivity index (χ0) is 17.5. The van der Waals surface area contributed by atoms with Crippen LogP contribution in [-0.4, -0.2) is 36.6 Å². The van der Waals surface area contributed by atoms with E-state index in [2.05, 4.69) is 65.4 Å². The van der Waals surface area contributed by atoms with Crippen molar-refractivity contribution in [3.63, 3.8) is 0 Å². The Morgan fingerprint density at radius 1 is 1.08 bits per heavy atom. The van der Waals surface area contributed by atoms with Gasteiger partial charge in [0, 0.05) is 25.7 Å². The lowest BCUT2D eigenvalue weighted by molar-refractivity contribution is 0.174. The summed E-state index contributed by atoms with van der Waals surface area (Å²) < 4.78 is 1.30. The average Bonchev–Trinajstić information content (AvgIpc) is 3.07. The van der Waals surface area contributed by atoms with Crippen LogP contribution in [0.1, 0.15) is 30.0 Å². The number of para-hydroxylation sites is 1. The van der Waals surface area contributed by atoms with Crippen LogP contribution in [0.4, 0.5) is 5.13 Å². The number of hydrogen-bond acceptors (Lipinski definition) is 4. The van der Waals surface area contributed by atoms with Crippen molar-refractivity contribution in [1.29, 1.82) is 0 Å². The minimum Gasteiger partial charge on any atom is -0.348 e. The van der Waals surface area contributed by atoms with Crippen molar-refractivity contribution in [3.8, 4) is 0 Å². The first-order chi connectivity index (χ1) is 12.8. The molecule has 1 atom stereocenters. The van der Waals surface area contributed by atoms with Gasteiger partial charge in [0.15, 0.2) is 5.13 Å². The van der Waals surface area contributed by atoms with Crippen LogP contribution in [-0.2, 0) is 6.42 Å². The Morgan fingerprint density at radius 2 is 1.85 bits per heavy atom. The Balaban J connectivity index is 1.18. The highest BCUT2D eigenvalue weighted by atomic mass is 32.1. The van der Waals surface area contributed by atoms with Gasteiger partial charge in [-0.1, -0.05) is 47.7 Å². The molecule has 0 amide bonds. The molecule has 3 aromatic rings. The van der Waals surface area contributed by atoms with Gasteiger partial charge >= 0.3 is 0 Å². The monoisotopic (exact) mass is 363 g/mol. The summed E-state index contributed by atoms with van der Waals surface area (Å²) in [6.45, 7) is 3.49. The highest BCUT2D eigenvalue weighted by Crippen LogP contribution is 2.38. The predicted octanol–water partition coefficient (Wildman–Crippen LogP) is 4.74. The highest BCUT2D eigenvalue weighted by molar-refractivity contribution is 7.22. The van der Waals surface area contributed by atoms with Crippen LogP contribution < -0.4 is 4.90 Å². The third kappa shape index (κ3) is 2.91. The largest absolute Gasteiger partial charge is 0.348 e. The van der Waals surface area contributed by atoms with Crippen LogP contribution in [0.25, 0.3) is 10.2 Å². The number of piperidine rings is 1. The number of rotatable bonds is 4. The number of likely N-dealkylation sites (N-methyl/N-ethyl adjacent to an activating group) is 1. The third-order valence-corrected chi connectivity index (χ3v) is 7.17. The molecule has 1 aliphatic carbocycles. The molecular weight excluding hydrogens is 338 g/mol. The number of fused-ring (bicyclic) bond motifs is 2. The third-order valence-electron chi connectivity index (χ3n) is 6.07. The van der Waals surface area contributed by atoms with E-state index in [9.17, 15) is 0 Å². The van der Waals surface area contributed by atoms with Crippen LogP contribution in [0.15, 0.2) is 48.5 Å². The molecule has 4 heteroatoms. The van der Waals surface area contributed by atoms with E-state index in [0.717, 1.165) is 24.5 Å². The minimum atomic E-state index is 0.633. The van der Waals surface area contributed by atoms with Gasteiger partial charge < -0.3 is 4.90 Å². The molecule has 0 bridgehead atoms. The average molecular weight is 364 g/mol. The summed E-state index contributed by atoms with van der Waals surface area (Å²) in [5, 5.41) is 1.20. The summed E-state index contributed by atoms with van der Waals surface area (Å²) in [6.07, 6.45) is 3.76. The summed E-state index contributed by atoms with van der Waals surface area (Å²) in [5.74, 6) is 0.804. The molecule has 1 fully saturated rings. The number of anilines is 1. The fourth-order valence-electron chi connectivity index (χ4n) is 4.46.